The molecule has 2 aromatic carbocycles. The maximum atomic E-state index is 9.67. The van der Waals surface area contributed by atoms with E-state index in [0.29, 0.717) is 35.1 Å². The van der Waals surface area contributed by atoms with Gasteiger partial charge in [0.05, 0.1) is 7.11 Å². The molecule has 0 atom stereocenters. The summed E-state index contributed by atoms with van der Waals surface area (Å²) in [4.78, 5) is 0. The molecule has 122 valence electrons. The van der Waals surface area contributed by atoms with Crippen molar-refractivity contribution >= 4 is 11.6 Å². The Hall–Kier alpha value is -1.75. The molecule has 1 aliphatic heterocycles. The van der Waals surface area contributed by atoms with Gasteiger partial charge in [-0.1, -0.05) is 23.7 Å². The van der Waals surface area contributed by atoms with Crippen LogP contribution in [0, 0.1) is 0 Å². The third kappa shape index (κ3) is 2.57. The predicted molar refractivity (Wildman–Crippen MR) is 88.7 cm³/mol. The first kappa shape index (κ1) is 16.1. The maximum Gasteiger partial charge on any atom is 0.173 e. The van der Waals surface area contributed by atoms with Crippen molar-refractivity contribution in [2.24, 2.45) is 0 Å². The molecule has 2 N–H and O–H groups in total. The van der Waals surface area contributed by atoms with E-state index in [0.717, 1.165) is 11.1 Å². The second-order valence-corrected chi connectivity index (χ2v) is 6.05. The van der Waals surface area contributed by atoms with Crippen LogP contribution in [0.5, 0.6) is 17.2 Å². The minimum Gasteiger partial charge on any atom is -0.493 e. The molecule has 0 amide bonds. The summed E-state index contributed by atoms with van der Waals surface area (Å²) in [5.41, 5.74) is 1.22. The number of aliphatic hydroxyl groups is 2. The summed E-state index contributed by atoms with van der Waals surface area (Å²) in [6.07, 6.45) is 0.925. The van der Waals surface area contributed by atoms with E-state index in [1.807, 2.05) is 30.3 Å². The Morgan fingerprint density at radius 1 is 1.09 bits per heavy atom. The fourth-order valence-electron chi connectivity index (χ4n) is 3.42. The predicted octanol–water partition coefficient (Wildman–Crippen LogP) is 3.51. The second kappa shape index (κ2) is 6.40. The lowest BCUT2D eigenvalue weighted by Gasteiger charge is -2.40. The lowest BCUT2D eigenvalue weighted by molar-refractivity contribution is 0.201. The number of rotatable bonds is 5. The van der Waals surface area contributed by atoms with Gasteiger partial charge in [-0.15, -0.1) is 0 Å². The topological polar surface area (TPSA) is 58.9 Å². The van der Waals surface area contributed by atoms with E-state index >= 15 is 0 Å². The standard InChI is InChI=1S/C18H19ClO4/c1-22-16-4-2-3-13-17(16)23-15-6-5-12(19)11-14(15)18(13,7-9-20)8-10-21/h2-6,11,20-21H,7-10H2,1H3. The van der Waals surface area contributed by atoms with Gasteiger partial charge in [0.15, 0.2) is 11.5 Å². The largest absolute Gasteiger partial charge is 0.493 e. The maximum absolute atomic E-state index is 9.67. The molecule has 0 bridgehead atoms. The van der Waals surface area contributed by atoms with E-state index in [2.05, 4.69) is 0 Å². The Bertz CT molecular complexity index is 708. The average molecular weight is 335 g/mol. The van der Waals surface area contributed by atoms with Gasteiger partial charge in [0, 0.05) is 34.8 Å². The van der Waals surface area contributed by atoms with Crippen LogP contribution in [0.2, 0.25) is 5.02 Å². The van der Waals surface area contributed by atoms with Crippen molar-refractivity contribution in [2.75, 3.05) is 20.3 Å². The van der Waals surface area contributed by atoms with Crippen LogP contribution >= 0.6 is 11.6 Å². The van der Waals surface area contributed by atoms with Gasteiger partial charge >= 0.3 is 0 Å². The number of benzene rings is 2. The van der Waals surface area contributed by atoms with Crippen molar-refractivity contribution < 1.29 is 19.7 Å². The SMILES string of the molecule is COc1cccc2c1Oc1ccc(Cl)cc1C2(CCO)CCO. The Morgan fingerprint density at radius 3 is 2.48 bits per heavy atom. The second-order valence-electron chi connectivity index (χ2n) is 5.61. The number of ether oxygens (including phenoxy) is 2. The molecule has 0 spiro atoms. The zero-order valence-corrected chi connectivity index (χ0v) is 13.6. The van der Waals surface area contributed by atoms with E-state index in [9.17, 15) is 10.2 Å². The highest BCUT2D eigenvalue weighted by Gasteiger charge is 2.42. The molecule has 0 fully saturated rings. The van der Waals surface area contributed by atoms with Crippen LogP contribution in [-0.2, 0) is 5.41 Å². The summed E-state index contributed by atoms with van der Waals surface area (Å²) in [7, 11) is 1.59. The number of hydrogen-bond donors (Lipinski definition) is 2. The van der Waals surface area contributed by atoms with Crippen molar-refractivity contribution in [2.45, 2.75) is 18.3 Å². The lowest BCUT2D eigenvalue weighted by Crippen LogP contribution is -2.34. The van der Waals surface area contributed by atoms with Crippen molar-refractivity contribution in [3.8, 4) is 17.2 Å². The smallest absolute Gasteiger partial charge is 0.173 e. The first-order chi connectivity index (χ1) is 11.2. The third-order valence-corrected chi connectivity index (χ3v) is 4.70. The molecule has 4 nitrogen and oxygen atoms in total. The van der Waals surface area contributed by atoms with Crippen LogP contribution < -0.4 is 9.47 Å². The van der Waals surface area contributed by atoms with Gasteiger partial charge in [0.2, 0.25) is 0 Å². The van der Waals surface area contributed by atoms with Gasteiger partial charge in [-0.25, -0.2) is 0 Å². The van der Waals surface area contributed by atoms with E-state index < -0.39 is 5.41 Å². The number of para-hydroxylation sites is 1. The zero-order chi connectivity index (χ0) is 16.4. The third-order valence-electron chi connectivity index (χ3n) is 4.46. The molecule has 0 saturated carbocycles. The van der Waals surface area contributed by atoms with Crippen LogP contribution in [0.4, 0.5) is 0 Å². The normalized spacial score (nSPS) is 14.6. The molecule has 1 heterocycles. The molecule has 1 aliphatic rings. The number of fused-ring (bicyclic) bond motifs is 2. The number of halogens is 1. The number of aliphatic hydroxyl groups excluding tert-OH is 2. The molecular formula is C18H19ClO4. The average Bonchev–Trinajstić information content (AvgIpc) is 2.56. The Kier molecular flexibility index (Phi) is 4.48. The van der Waals surface area contributed by atoms with Crippen LogP contribution in [0.3, 0.4) is 0 Å². The van der Waals surface area contributed by atoms with Crippen molar-refractivity contribution in [1.29, 1.82) is 0 Å². The van der Waals surface area contributed by atoms with Crippen LogP contribution in [0.15, 0.2) is 36.4 Å². The molecular weight excluding hydrogens is 316 g/mol. The van der Waals surface area contributed by atoms with Crippen LogP contribution in [-0.4, -0.2) is 30.5 Å². The van der Waals surface area contributed by atoms with Gasteiger partial charge in [0.25, 0.3) is 0 Å². The molecule has 5 heteroatoms. The fourth-order valence-corrected chi connectivity index (χ4v) is 3.60. The van der Waals surface area contributed by atoms with Gasteiger partial charge in [-0.2, -0.15) is 0 Å². The van der Waals surface area contributed by atoms with Crippen molar-refractivity contribution in [3.63, 3.8) is 0 Å². The van der Waals surface area contributed by atoms with Gasteiger partial charge in [-0.05, 0) is 37.1 Å². The lowest BCUT2D eigenvalue weighted by atomic mass is 9.68. The highest BCUT2D eigenvalue weighted by molar-refractivity contribution is 6.30. The summed E-state index contributed by atoms with van der Waals surface area (Å²) in [5, 5.41) is 19.9. The van der Waals surface area contributed by atoms with E-state index in [1.165, 1.54) is 0 Å². The monoisotopic (exact) mass is 334 g/mol. The molecule has 0 aliphatic carbocycles. The molecule has 3 rings (SSSR count). The minimum atomic E-state index is -0.564. The van der Waals surface area contributed by atoms with Crippen molar-refractivity contribution in [1.82, 2.24) is 0 Å². The molecule has 23 heavy (non-hydrogen) atoms. The van der Waals surface area contributed by atoms with Crippen molar-refractivity contribution in [3.05, 3.63) is 52.5 Å². The fraction of sp³-hybridized carbons (Fsp3) is 0.333. The van der Waals surface area contributed by atoms with Gasteiger partial charge in [-0.3, -0.25) is 0 Å². The minimum absolute atomic E-state index is 0.0113. The quantitative estimate of drug-likeness (QED) is 0.878. The Morgan fingerprint density at radius 2 is 1.83 bits per heavy atom. The van der Waals surface area contributed by atoms with Crippen LogP contribution in [0.25, 0.3) is 0 Å². The number of methoxy groups -OCH3 is 1. The molecule has 0 radical (unpaired) electrons. The molecule has 0 unspecified atom stereocenters. The van der Waals surface area contributed by atoms with E-state index in [-0.39, 0.29) is 13.2 Å². The molecule has 0 aromatic heterocycles. The first-order valence-corrected chi connectivity index (χ1v) is 7.91. The Labute approximate surface area is 140 Å². The van der Waals surface area contributed by atoms with Crippen LogP contribution in [0.1, 0.15) is 24.0 Å². The summed E-state index contributed by atoms with van der Waals surface area (Å²) in [6.45, 7) is -0.0226. The highest BCUT2D eigenvalue weighted by Crippen LogP contribution is 2.54. The van der Waals surface area contributed by atoms with E-state index in [1.54, 1.807) is 13.2 Å². The Balaban J connectivity index is 2.30. The zero-order valence-electron chi connectivity index (χ0n) is 12.9. The summed E-state index contributed by atoms with van der Waals surface area (Å²) in [5.74, 6) is 1.93. The molecule has 0 saturated heterocycles. The summed E-state index contributed by atoms with van der Waals surface area (Å²) < 4.78 is 11.5. The molecule has 2 aromatic rings. The summed E-state index contributed by atoms with van der Waals surface area (Å²) in [6, 6.07) is 11.1. The number of hydrogen-bond acceptors (Lipinski definition) is 4. The van der Waals surface area contributed by atoms with E-state index in [4.69, 9.17) is 21.1 Å². The first-order valence-electron chi connectivity index (χ1n) is 7.53. The van der Waals surface area contributed by atoms with Gasteiger partial charge < -0.3 is 19.7 Å². The highest BCUT2D eigenvalue weighted by atomic mass is 35.5. The summed E-state index contributed by atoms with van der Waals surface area (Å²) >= 11 is 6.18. The van der Waals surface area contributed by atoms with Gasteiger partial charge in [0.1, 0.15) is 5.75 Å².